The molecule has 1 aromatic rings. The number of nitrogens with one attached hydrogen (secondary N) is 1. The molecular weight excluding hydrogens is 250 g/mol. The summed E-state index contributed by atoms with van der Waals surface area (Å²) in [5.41, 5.74) is 0.690. The summed E-state index contributed by atoms with van der Waals surface area (Å²) in [7, 11) is 0. The number of phenols is 1. The van der Waals surface area contributed by atoms with Crippen molar-refractivity contribution in [2.24, 2.45) is 0 Å². The zero-order valence-electron chi connectivity index (χ0n) is 10.5. The molecule has 6 heteroatoms. The predicted octanol–water partition coefficient (Wildman–Crippen LogP) is 1.27. The third kappa shape index (κ3) is 9.11. The summed E-state index contributed by atoms with van der Waals surface area (Å²) < 4.78 is 4.22. The molecule has 0 saturated heterocycles. The summed E-state index contributed by atoms with van der Waals surface area (Å²) in [6, 6.07) is 6.31. The highest BCUT2D eigenvalue weighted by Gasteiger charge is 1.93. The van der Waals surface area contributed by atoms with Crippen LogP contribution in [0.15, 0.2) is 36.9 Å². The molecule has 2 N–H and O–H groups in total. The van der Waals surface area contributed by atoms with Crippen LogP contribution in [-0.2, 0) is 19.1 Å². The van der Waals surface area contributed by atoms with Crippen LogP contribution in [0.4, 0.5) is 5.69 Å². The minimum absolute atomic E-state index is 0.115. The lowest BCUT2D eigenvalue weighted by Gasteiger charge is -1.99. The van der Waals surface area contributed by atoms with Crippen molar-refractivity contribution in [1.82, 2.24) is 0 Å². The number of anilines is 1. The Kier molecular flexibility index (Phi) is 8.10. The first-order chi connectivity index (χ1) is 8.99. The van der Waals surface area contributed by atoms with Gasteiger partial charge in [0.05, 0.1) is 0 Å². The summed E-state index contributed by atoms with van der Waals surface area (Å²) >= 11 is 0. The number of rotatable bonds is 4. The third-order valence-corrected chi connectivity index (χ3v) is 1.65. The number of esters is 1. The molecule has 0 aliphatic rings. The van der Waals surface area contributed by atoms with Gasteiger partial charge in [0.1, 0.15) is 12.4 Å². The molecule has 102 valence electrons. The minimum atomic E-state index is -0.572. The normalized spacial score (nSPS) is 8.47. The van der Waals surface area contributed by atoms with E-state index in [2.05, 4.69) is 16.6 Å². The predicted molar refractivity (Wildman–Crippen MR) is 69.6 cm³/mol. The average molecular weight is 265 g/mol. The van der Waals surface area contributed by atoms with E-state index in [1.54, 1.807) is 12.1 Å². The molecular formula is C13H15NO5. The van der Waals surface area contributed by atoms with Gasteiger partial charge in [-0.15, -0.1) is 0 Å². The van der Waals surface area contributed by atoms with Gasteiger partial charge in [-0.1, -0.05) is 6.58 Å². The van der Waals surface area contributed by atoms with E-state index < -0.39 is 5.97 Å². The van der Waals surface area contributed by atoms with Gasteiger partial charge in [0.2, 0.25) is 5.91 Å². The largest absolute Gasteiger partial charge is 0.508 e. The van der Waals surface area contributed by atoms with E-state index in [0.29, 0.717) is 12.0 Å². The molecule has 0 heterocycles. The molecule has 0 fully saturated rings. The number of amides is 1. The van der Waals surface area contributed by atoms with Gasteiger partial charge in [0, 0.05) is 18.7 Å². The highest BCUT2D eigenvalue weighted by Crippen LogP contribution is 2.13. The number of benzene rings is 1. The van der Waals surface area contributed by atoms with Crippen molar-refractivity contribution in [2.45, 2.75) is 6.92 Å². The molecule has 0 aliphatic heterocycles. The summed E-state index contributed by atoms with van der Waals surface area (Å²) in [6.07, 6.45) is 1.50. The zero-order valence-corrected chi connectivity index (χ0v) is 10.5. The molecule has 1 rings (SSSR count). The lowest BCUT2D eigenvalue weighted by molar-refractivity contribution is -0.140. The Balaban J connectivity index is 0.000000362. The van der Waals surface area contributed by atoms with Crippen LogP contribution in [0.3, 0.4) is 0 Å². The van der Waals surface area contributed by atoms with Crippen LogP contribution in [0.1, 0.15) is 6.92 Å². The summed E-state index contributed by atoms with van der Waals surface area (Å²) in [6.45, 7) is 4.37. The Morgan fingerprint density at radius 1 is 1.37 bits per heavy atom. The second-order valence-electron chi connectivity index (χ2n) is 3.23. The van der Waals surface area contributed by atoms with Crippen molar-refractivity contribution in [2.75, 3.05) is 11.9 Å². The Morgan fingerprint density at radius 3 is 2.37 bits per heavy atom. The van der Waals surface area contributed by atoms with Crippen molar-refractivity contribution in [1.29, 1.82) is 0 Å². The lowest BCUT2D eigenvalue weighted by Crippen LogP contribution is -2.04. The Hall–Kier alpha value is -2.63. The molecule has 0 unspecified atom stereocenters. The quantitative estimate of drug-likeness (QED) is 0.370. The maximum absolute atomic E-state index is 10.5. The van der Waals surface area contributed by atoms with Crippen LogP contribution in [0.2, 0.25) is 0 Å². The van der Waals surface area contributed by atoms with E-state index in [-0.39, 0.29) is 18.3 Å². The van der Waals surface area contributed by atoms with Crippen molar-refractivity contribution < 1.29 is 24.2 Å². The highest BCUT2D eigenvalue weighted by molar-refractivity contribution is 5.88. The second-order valence-corrected chi connectivity index (χ2v) is 3.23. The van der Waals surface area contributed by atoms with Gasteiger partial charge in [-0.05, 0) is 24.3 Å². The van der Waals surface area contributed by atoms with Gasteiger partial charge in [-0.25, -0.2) is 4.79 Å². The zero-order chi connectivity index (χ0) is 14.7. The van der Waals surface area contributed by atoms with Crippen molar-refractivity contribution in [3.05, 3.63) is 36.9 Å². The number of phenolic OH excluding ortho intramolecular Hbond substituents is 1. The Labute approximate surface area is 110 Å². The number of hydrogen-bond donors (Lipinski definition) is 2. The van der Waals surface area contributed by atoms with E-state index in [9.17, 15) is 14.4 Å². The number of hydrogen-bond acceptors (Lipinski definition) is 5. The van der Waals surface area contributed by atoms with Gasteiger partial charge in [-0.2, -0.15) is 0 Å². The topological polar surface area (TPSA) is 92.7 Å². The van der Waals surface area contributed by atoms with E-state index in [0.717, 1.165) is 6.08 Å². The molecule has 1 aromatic carbocycles. The number of aldehydes is 1. The standard InChI is InChI=1S/C8H9NO2.C5H6O3/c1-6(10)9-7-2-4-8(11)5-3-7;1-2-5(7)8-4-3-6/h2-5,11H,1H3,(H,9,10);2-3H,1,4H2. The van der Waals surface area contributed by atoms with E-state index in [4.69, 9.17) is 5.11 Å². The first-order valence-corrected chi connectivity index (χ1v) is 5.29. The van der Waals surface area contributed by atoms with Gasteiger partial charge in [0.25, 0.3) is 0 Å². The van der Waals surface area contributed by atoms with Crippen molar-refractivity contribution in [3.8, 4) is 5.75 Å². The van der Waals surface area contributed by atoms with Crippen LogP contribution in [0, 0.1) is 0 Å². The molecule has 0 aliphatic carbocycles. The first kappa shape index (κ1) is 16.4. The van der Waals surface area contributed by atoms with Crippen molar-refractivity contribution >= 4 is 23.9 Å². The lowest BCUT2D eigenvalue weighted by atomic mass is 10.3. The molecule has 0 spiro atoms. The van der Waals surface area contributed by atoms with Gasteiger partial charge in [-0.3, -0.25) is 9.59 Å². The maximum atomic E-state index is 10.5. The second kappa shape index (κ2) is 9.41. The maximum Gasteiger partial charge on any atom is 0.330 e. The molecule has 0 saturated carbocycles. The SMILES string of the molecule is C=CC(=O)OCC=O.CC(=O)Nc1ccc(O)cc1. The molecule has 0 bridgehead atoms. The molecule has 19 heavy (non-hydrogen) atoms. The van der Waals surface area contributed by atoms with Crippen LogP contribution >= 0.6 is 0 Å². The molecule has 0 aromatic heterocycles. The van der Waals surface area contributed by atoms with E-state index in [1.807, 2.05) is 0 Å². The Morgan fingerprint density at radius 2 is 1.95 bits per heavy atom. The fraction of sp³-hybridized carbons (Fsp3) is 0.154. The van der Waals surface area contributed by atoms with Crippen LogP contribution in [0.5, 0.6) is 5.75 Å². The molecule has 0 radical (unpaired) electrons. The van der Waals surface area contributed by atoms with E-state index >= 15 is 0 Å². The highest BCUT2D eigenvalue weighted by atomic mass is 16.5. The Bertz CT molecular complexity index is 439. The summed E-state index contributed by atoms with van der Waals surface area (Å²) in [5, 5.41) is 11.5. The fourth-order valence-electron chi connectivity index (χ4n) is 0.923. The monoisotopic (exact) mass is 265 g/mol. The number of aromatic hydroxyl groups is 1. The third-order valence-electron chi connectivity index (χ3n) is 1.65. The van der Waals surface area contributed by atoms with Gasteiger partial charge in [0.15, 0.2) is 6.29 Å². The van der Waals surface area contributed by atoms with Gasteiger partial charge < -0.3 is 15.2 Å². The van der Waals surface area contributed by atoms with Gasteiger partial charge >= 0.3 is 5.97 Å². The molecule has 0 atom stereocenters. The summed E-state index contributed by atoms with van der Waals surface area (Å²) in [5.74, 6) is -0.494. The van der Waals surface area contributed by atoms with Crippen LogP contribution < -0.4 is 5.32 Å². The van der Waals surface area contributed by atoms with Crippen molar-refractivity contribution in [3.63, 3.8) is 0 Å². The fourth-order valence-corrected chi connectivity index (χ4v) is 0.923. The van der Waals surface area contributed by atoms with Crippen LogP contribution in [0.25, 0.3) is 0 Å². The minimum Gasteiger partial charge on any atom is -0.508 e. The average Bonchev–Trinajstić information content (AvgIpc) is 2.39. The number of carbonyl (C=O) groups excluding carboxylic acids is 3. The smallest absolute Gasteiger partial charge is 0.330 e. The van der Waals surface area contributed by atoms with Crippen LogP contribution in [-0.4, -0.2) is 29.9 Å². The number of ether oxygens (including phenoxy) is 1. The first-order valence-electron chi connectivity index (χ1n) is 5.29. The molecule has 1 amide bonds. The van der Waals surface area contributed by atoms with E-state index in [1.165, 1.54) is 19.1 Å². The number of carbonyl (C=O) groups is 3. The summed E-state index contributed by atoms with van der Waals surface area (Å²) in [4.78, 5) is 30.1. The molecule has 6 nitrogen and oxygen atoms in total.